The first-order chi connectivity index (χ1) is 6.67. The minimum absolute atomic E-state index is 0.0119. The number of rotatable bonds is 4. The van der Waals surface area contributed by atoms with Gasteiger partial charge in [-0.2, -0.15) is 0 Å². The van der Waals surface area contributed by atoms with Crippen LogP contribution in [0.3, 0.4) is 0 Å². The van der Waals surface area contributed by atoms with Gasteiger partial charge in [0.15, 0.2) is 0 Å². The number of Topliss-reactive ketones (excluding diaryl/α,β-unsaturated/α-hetero) is 1. The van der Waals surface area contributed by atoms with E-state index in [1.807, 2.05) is 6.26 Å². The minimum Gasteiger partial charge on any atom is -0.298 e. The Morgan fingerprint density at radius 2 is 2.29 bits per heavy atom. The molecule has 0 aliphatic carbocycles. The Kier molecular flexibility index (Phi) is 4.62. The van der Waals surface area contributed by atoms with Crippen LogP contribution in [0.5, 0.6) is 0 Å². The second-order valence-corrected chi connectivity index (χ2v) is 4.25. The third kappa shape index (κ3) is 3.10. The van der Waals surface area contributed by atoms with Crippen LogP contribution in [0, 0.1) is 5.82 Å². The largest absolute Gasteiger partial charge is 0.298 e. The summed E-state index contributed by atoms with van der Waals surface area (Å²) in [5.74, 6) is -0.320. The zero-order chi connectivity index (χ0) is 10.6. The Labute approximate surface area is 95.2 Å². The first kappa shape index (κ1) is 11.7. The van der Waals surface area contributed by atoms with Crippen LogP contribution < -0.4 is 0 Å². The number of thioether (sulfide) groups is 1. The fourth-order valence-corrected chi connectivity index (χ4v) is 1.74. The normalized spacial score (nSPS) is 10.2. The first-order valence-electron chi connectivity index (χ1n) is 4.07. The molecule has 1 aromatic carbocycles. The van der Waals surface area contributed by atoms with Gasteiger partial charge in [0.1, 0.15) is 11.6 Å². The first-order valence-corrected chi connectivity index (χ1v) is 6.42. The molecule has 1 aromatic rings. The van der Waals surface area contributed by atoms with E-state index in [0.717, 1.165) is 4.90 Å². The summed E-state index contributed by atoms with van der Waals surface area (Å²) in [4.78, 5) is 12.1. The molecule has 0 unspecified atom stereocenters. The average molecular weight is 277 g/mol. The summed E-state index contributed by atoms with van der Waals surface area (Å²) in [7, 11) is 0. The molecule has 0 saturated carbocycles. The molecule has 4 heteroatoms. The van der Waals surface area contributed by atoms with Crippen LogP contribution in [0.2, 0.25) is 0 Å². The van der Waals surface area contributed by atoms with Crippen molar-refractivity contribution in [1.82, 2.24) is 0 Å². The lowest BCUT2D eigenvalue weighted by Gasteiger charge is -2.03. The predicted molar refractivity (Wildman–Crippen MR) is 60.7 cm³/mol. The van der Waals surface area contributed by atoms with E-state index in [-0.39, 0.29) is 23.4 Å². The lowest BCUT2D eigenvalue weighted by atomic mass is 10.1. The van der Waals surface area contributed by atoms with Crippen molar-refractivity contribution in [3.8, 4) is 0 Å². The van der Waals surface area contributed by atoms with Crippen molar-refractivity contribution in [2.75, 3.05) is 11.6 Å². The quantitative estimate of drug-likeness (QED) is 0.621. The Balaban J connectivity index is 2.89. The molecule has 0 spiro atoms. The maximum Gasteiger partial charge on any atom is 0.147 e. The van der Waals surface area contributed by atoms with Gasteiger partial charge in [0.2, 0.25) is 0 Å². The topological polar surface area (TPSA) is 17.1 Å². The highest BCUT2D eigenvalue weighted by Crippen LogP contribution is 2.19. The molecule has 0 amide bonds. The standard InChI is InChI=1S/C10H10BrFOS/c1-14-9-2-3-10(12)7(5-9)4-8(13)6-11/h2-3,5H,4,6H2,1H3. The molecule has 0 bridgehead atoms. The molecular formula is C10H10BrFOS. The summed E-state index contributed by atoms with van der Waals surface area (Å²) < 4.78 is 13.2. The van der Waals surface area contributed by atoms with Gasteiger partial charge in [-0.1, -0.05) is 15.9 Å². The van der Waals surface area contributed by atoms with Gasteiger partial charge in [0, 0.05) is 11.3 Å². The highest BCUT2D eigenvalue weighted by molar-refractivity contribution is 9.09. The third-order valence-electron chi connectivity index (χ3n) is 1.79. The number of halogens is 2. The van der Waals surface area contributed by atoms with E-state index in [2.05, 4.69) is 15.9 Å². The molecule has 0 heterocycles. The summed E-state index contributed by atoms with van der Waals surface area (Å²) >= 11 is 4.59. The summed E-state index contributed by atoms with van der Waals surface area (Å²) in [5.41, 5.74) is 0.473. The number of hydrogen-bond donors (Lipinski definition) is 0. The third-order valence-corrected chi connectivity index (χ3v) is 3.14. The van der Waals surface area contributed by atoms with Gasteiger partial charge >= 0.3 is 0 Å². The lowest BCUT2D eigenvalue weighted by Crippen LogP contribution is -2.05. The van der Waals surface area contributed by atoms with Crippen molar-refractivity contribution in [3.63, 3.8) is 0 Å². The monoisotopic (exact) mass is 276 g/mol. The van der Waals surface area contributed by atoms with E-state index >= 15 is 0 Å². The van der Waals surface area contributed by atoms with Gasteiger partial charge in [0.25, 0.3) is 0 Å². The summed E-state index contributed by atoms with van der Waals surface area (Å²) in [5, 5.41) is 0.274. The maximum absolute atomic E-state index is 13.2. The Hall–Kier alpha value is -0.350. The van der Waals surface area contributed by atoms with E-state index in [9.17, 15) is 9.18 Å². The molecule has 0 atom stereocenters. The Bertz CT molecular complexity index is 341. The SMILES string of the molecule is CSc1ccc(F)c(CC(=O)CBr)c1. The number of alkyl halides is 1. The summed E-state index contributed by atoms with van der Waals surface area (Å²) in [6.45, 7) is 0. The molecule has 0 radical (unpaired) electrons. The molecule has 14 heavy (non-hydrogen) atoms. The predicted octanol–water partition coefficient (Wildman–Crippen LogP) is 3.05. The fraction of sp³-hybridized carbons (Fsp3) is 0.300. The molecular weight excluding hydrogens is 267 g/mol. The van der Waals surface area contributed by atoms with Crippen molar-refractivity contribution in [1.29, 1.82) is 0 Å². The fourth-order valence-electron chi connectivity index (χ4n) is 1.07. The van der Waals surface area contributed by atoms with Gasteiger partial charge in [-0.05, 0) is 30.0 Å². The summed E-state index contributed by atoms with van der Waals surface area (Å²) in [6.07, 6.45) is 2.08. The maximum atomic E-state index is 13.2. The zero-order valence-corrected chi connectivity index (χ0v) is 10.1. The van der Waals surface area contributed by atoms with Crippen molar-refractivity contribution in [3.05, 3.63) is 29.6 Å². The van der Waals surface area contributed by atoms with Crippen LogP contribution in [0.15, 0.2) is 23.1 Å². The van der Waals surface area contributed by atoms with Crippen LogP contribution in [0.4, 0.5) is 4.39 Å². The van der Waals surface area contributed by atoms with E-state index in [1.165, 1.54) is 17.8 Å². The van der Waals surface area contributed by atoms with Crippen LogP contribution >= 0.6 is 27.7 Å². The number of hydrogen-bond acceptors (Lipinski definition) is 2. The number of ketones is 1. The van der Waals surface area contributed by atoms with E-state index < -0.39 is 0 Å². The number of carbonyl (C=O) groups excluding carboxylic acids is 1. The average Bonchev–Trinajstić information content (AvgIpc) is 2.21. The van der Waals surface area contributed by atoms with Gasteiger partial charge in [-0.25, -0.2) is 4.39 Å². The van der Waals surface area contributed by atoms with Crippen molar-refractivity contribution < 1.29 is 9.18 Å². The zero-order valence-electron chi connectivity index (χ0n) is 7.72. The Morgan fingerprint density at radius 1 is 1.57 bits per heavy atom. The number of benzene rings is 1. The van der Waals surface area contributed by atoms with Gasteiger partial charge in [-0.15, -0.1) is 11.8 Å². The second-order valence-electron chi connectivity index (χ2n) is 2.81. The van der Waals surface area contributed by atoms with E-state index in [0.29, 0.717) is 5.56 Å². The molecule has 0 fully saturated rings. The molecule has 1 nitrogen and oxygen atoms in total. The van der Waals surface area contributed by atoms with Crippen molar-refractivity contribution in [2.24, 2.45) is 0 Å². The van der Waals surface area contributed by atoms with E-state index in [4.69, 9.17) is 0 Å². The molecule has 0 aliphatic rings. The highest BCUT2D eigenvalue weighted by Gasteiger charge is 2.07. The highest BCUT2D eigenvalue weighted by atomic mass is 79.9. The van der Waals surface area contributed by atoms with Crippen molar-refractivity contribution >= 4 is 33.5 Å². The van der Waals surface area contributed by atoms with Gasteiger partial charge in [0.05, 0.1) is 5.33 Å². The lowest BCUT2D eigenvalue weighted by molar-refractivity contribution is -0.115. The molecule has 76 valence electrons. The van der Waals surface area contributed by atoms with Gasteiger partial charge < -0.3 is 0 Å². The van der Waals surface area contributed by atoms with Gasteiger partial charge in [-0.3, -0.25) is 4.79 Å². The molecule has 0 N–H and O–H groups in total. The van der Waals surface area contributed by atoms with Crippen LogP contribution in [-0.4, -0.2) is 17.4 Å². The van der Waals surface area contributed by atoms with Crippen LogP contribution in [0.1, 0.15) is 5.56 Å². The molecule has 0 aromatic heterocycles. The molecule has 0 aliphatic heterocycles. The molecule has 0 saturated heterocycles. The second kappa shape index (κ2) is 5.51. The summed E-state index contributed by atoms with van der Waals surface area (Å²) in [6, 6.07) is 4.84. The van der Waals surface area contributed by atoms with E-state index in [1.54, 1.807) is 12.1 Å². The van der Waals surface area contributed by atoms with Crippen LogP contribution in [0.25, 0.3) is 0 Å². The molecule has 1 rings (SSSR count). The number of carbonyl (C=O) groups is 1. The smallest absolute Gasteiger partial charge is 0.147 e. The Morgan fingerprint density at radius 3 is 2.86 bits per heavy atom. The van der Waals surface area contributed by atoms with Crippen molar-refractivity contribution in [2.45, 2.75) is 11.3 Å². The van der Waals surface area contributed by atoms with Crippen LogP contribution in [-0.2, 0) is 11.2 Å². The minimum atomic E-state index is -0.308.